The Morgan fingerprint density at radius 2 is 1.95 bits per heavy atom. The molecule has 0 aliphatic carbocycles. The molecular formula is C11H11N3O3S2. The molecular weight excluding hydrogens is 286 g/mol. The van der Waals surface area contributed by atoms with E-state index in [1.165, 1.54) is 35.8 Å². The van der Waals surface area contributed by atoms with Gasteiger partial charge in [-0.1, -0.05) is 0 Å². The summed E-state index contributed by atoms with van der Waals surface area (Å²) in [5.74, 6) is -0.283. The molecule has 1 heterocycles. The molecule has 2 rings (SSSR count). The summed E-state index contributed by atoms with van der Waals surface area (Å²) in [5.41, 5.74) is 1.65. The summed E-state index contributed by atoms with van der Waals surface area (Å²) in [6.45, 7) is 1.75. The summed E-state index contributed by atoms with van der Waals surface area (Å²) in [4.78, 5) is 11.9. The molecule has 8 heteroatoms. The van der Waals surface area contributed by atoms with Crippen LogP contribution in [0.25, 0.3) is 0 Å². The zero-order valence-electron chi connectivity index (χ0n) is 9.95. The molecule has 6 nitrogen and oxygen atoms in total. The molecule has 0 spiro atoms. The van der Waals surface area contributed by atoms with Crippen molar-refractivity contribution in [3.63, 3.8) is 0 Å². The van der Waals surface area contributed by atoms with E-state index in [1.807, 2.05) is 0 Å². The van der Waals surface area contributed by atoms with Crippen LogP contribution in [0.4, 0.5) is 5.69 Å². The van der Waals surface area contributed by atoms with Gasteiger partial charge in [0.1, 0.15) is 0 Å². The average molecular weight is 297 g/mol. The van der Waals surface area contributed by atoms with E-state index in [0.717, 1.165) is 0 Å². The van der Waals surface area contributed by atoms with Crippen molar-refractivity contribution in [2.24, 2.45) is 5.14 Å². The molecule has 0 fully saturated rings. The van der Waals surface area contributed by atoms with Crippen LogP contribution in [0.15, 0.2) is 34.5 Å². The fourth-order valence-corrected chi connectivity index (χ4v) is 2.64. The minimum atomic E-state index is -3.72. The fourth-order valence-electron chi connectivity index (χ4n) is 1.44. The van der Waals surface area contributed by atoms with Gasteiger partial charge in [-0.15, -0.1) is 0 Å². The third kappa shape index (κ3) is 3.16. The summed E-state index contributed by atoms with van der Waals surface area (Å²) in [6.07, 6.45) is 0. The average Bonchev–Trinajstić information content (AvgIpc) is 2.75. The number of carbonyl (C=O) groups is 1. The van der Waals surface area contributed by atoms with E-state index in [4.69, 9.17) is 5.14 Å². The number of carbonyl (C=O) groups excluding carboxylic acids is 1. The minimum Gasteiger partial charge on any atom is -0.322 e. The van der Waals surface area contributed by atoms with Crippen molar-refractivity contribution in [1.82, 2.24) is 4.37 Å². The Balaban J connectivity index is 2.17. The lowest BCUT2D eigenvalue weighted by Gasteiger charge is -2.05. The number of aryl methyl sites for hydroxylation is 1. The largest absolute Gasteiger partial charge is 0.322 e. The van der Waals surface area contributed by atoms with Crippen molar-refractivity contribution in [3.8, 4) is 0 Å². The topological polar surface area (TPSA) is 102 Å². The molecule has 0 radical (unpaired) electrons. The predicted molar refractivity (Wildman–Crippen MR) is 72.6 cm³/mol. The first-order valence-corrected chi connectivity index (χ1v) is 7.61. The SMILES string of the molecule is Cc1nscc1C(=O)Nc1ccc(S(N)(=O)=O)cc1. The van der Waals surface area contributed by atoms with Gasteiger partial charge in [0.05, 0.1) is 16.2 Å². The summed E-state index contributed by atoms with van der Waals surface area (Å²) in [7, 11) is -3.72. The van der Waals surface area contributed by atoms with Crippen molar-refractivity contribution in [3.05, 3.63) is 40.9 Å². The van der Waals surface area contributed by atoms with Gasteiger partial charge in [0, 0.05) is 11.1 Å². The lowest BCUT2D eigenvalue weighted by molar-refractivity contribution is 0.102. The molecule has 0 aliphatic heterocycles. The van der Waals surface area contributed by atoms with Crippen molar-refractivity contribution < 1.29 is 13.2 Å². The quantitative estimate of drug-likeness (QED) is 0.892. The van der Waals surface area contributed by atoms with Crippen molar-refractivity contribution in [1.29, 1.82) is 0 Å². The molecule has 0 aliphatic rings. The number of nitrogens with one attached hydrogen (secondary N) is 1. The van der Waals surface area contributed by atoms with E-state index in [1.54, 1.807) is 12.3 Å². The van der Waals surface area contributed by atoms with Crippen LogP contribution in [0.2, 0.25) is 0 Å². The molecule has 0 saturated carbocycles. The van der Waals surface area contributed by atoms with Gasteiger partial charge >= 0.3 is 0 Å². The van der Waals surface area contributed by atoms with Crippen molar-refractivity contribution in [2.45, 2.75) is 11.8 Å². The maximum absolute atomic E-state index is 11.9. The van der Waals surface area contributed by atoms with Crippen LogP contribution in [-0.2, 0) is 10.0 Å². The van der Waals surface area contributed by atoms with Gasteiger partial charge < -0.3 is 5.32 Å². The molecule has 100 valence electrons. The summed E-state index contributed by atoms with van der Waals surface area (Å²) in [6, 6.07) is 5.63. The number of aromatic nitrogens is 1. The Hall–Kier alpha value is -1.77. The summed E-state index contributed by atoms with van der Waals surface area (Å²) >= 11 is 1.20. The number of amides is 1. The highest BCUT2D eigenvalue weighted by molar-refractivity contribution is 7.89. The number of nitrogens with zero attached hydrogens (tertiary/aromatic N) is 1. The number of anilines is 1. The lowest BCUT2D eigenvalue weighted by atomic mass is 10.2. The first-order valence-electron chi connectivity index (χ1n) is 5.23. The Bertz CT molecular complexity index is 705. The standard InChI is InChI=1S/C11H11N3O3S2/c1-7-10(6-18-14-7)11(15)13-8-2-4-9(5-3-8)19(12,16)17/h2-6H,1H3,(H,13,15)(H2,12,16,17). The van der Waals surface area contributed by atoms with E-state index < -0.39 is 10.0 Å². The summed E-state index contributed by atoms with van der Waals surface area (Å²) < 4.78 is 26.2. The fraction of sp³-hybridized carbons (Fsp3) is 0.0909. The molecule has 0 atom stereocenters. The molecule has 19 heavy (non-hydrogen) atoms. The second kappa shape index (κ2) is 5.08. The van der Waals surface area contributed by atoms with E-state index in [9.17, 15) is 13.2 Å². The molecule has 1 amide bonds. The van der Waals surface area contributed by atoms with Crippen LogP contribution in [0.3, 0.4) is 0 Å². The van der Waals surface area contributed by atoms with Crippen LogP contribution in [0.5, 0.6) is 0 Å². The lowest BCUT2D eigenvalue weighted by Crippen LogP contribution is -2.14. The maximum atomic E-state index is 11.9. The van der Waals surface area contributed by atoms with Crippen LogP contribution in [-0.4, -0.2) is 18.7 Å². The van der Waals surface area contributed by atoms with Gasteiger partial charge in [0.15, 0.2) is 0 Å². The number of hydrogen-bond acceptors (Lipinski definition) is 5. The highest BCUT2D eigenvalue weighted by Crippen LogP contribution is 2.15. The van der Waals surface area contributed by atoms with E-state index in [0.29, 0.717) is 16.9 Å². The van der Waals surface area contributed by atoms with Gasteiger partial charge in [0.25, 0.3) is 5.91 Å². The van der Waals surface area contributed by atoms with Crippen LogP contribution in [0.1, 0.15) is 16.1 Å². The molecule has 2 aromatic rings. The van der Waals surface area contributed by atoms with Crippen LogP contribution < -0.4 is 10.5 Å². The zero-order chi connectivity index (χ0) is 14.0. The van der Waals surface area contributed by atoms with Gasteiger partial charge in [-0.3, -0.25) is 4.79 Å². The normalized spacial score (nSPS) is 11.3. The minimum absolute atomic E-state index is 0.00104. The predicted octanol–water partition coefficient (Wildman–Crippen LogP) is 1.35. The Morgan fingerprint density at radius 1 is 1.32 bits per heavy atom. The first kappa shape index (κ1) is 13.7. The number of hydrogen-bond donors (Lipinski definition) is 2. The van der Waals surface area contributed by atoms with Gasteiger partial charge in [-0.25, -0.2) is 13.6 Å². The Kier molecular flexibility index (Phi) is 3.65. The first-order chi connectivity index (χ1) is 8.88. The van der Waals surface area contributed by atoms with Gasteiger partial charge in [-0.05, 0) is 42.7 Å². The smallest absolute Gasteiger partial charge is 0.258 e. The Morgan fingerprint density at radius 3 is 2.42 bits per heavy atom. The monoisotopic (exact) mass is 297 g/mol. The highest BCUT2D eigenvalue weighted by Gasteiger charge is 2.12. The van der Waals surface area contributed by atoms with Crippen molar-refractivity contribution >= 4 is 33.2 Å². The highest BCUT2D eigenvalue weighted by atomic mass is 32.2. The van der Waals surface area contributed by atoms with E-state index in [-0.39, 0.29) is 10.8 Å². The molecule has 0 saturated heterocycles. The molecule has 3 N–H and O–H groups in total. The molecule has 1 aromatic carbocycles. The van der Waals surface area contributed by atoms with Gasteiger partial charge in [-0.2, -0.15) is 4.37 Å². The second-order valence-electron chi connectivity index (χ2n) is 3.84. The number of sulfonamides is 1. The zero-order valence-corrected chi connectivity index (χ0v) is 11.6. The molecule has 0 bridgehead atoms. The number of benzene rings is 1. The number of nitrogens with two attached hydrogens (primary N) is 1. The van der Waals surface area contributed by atoms with Crippen molar-refractivity contribution in [2.75, 3.05) is 5.32 Å². The third-order valence-electron chi connectivity index (χ3n) is 2.44. The molecule has 0 unspecified atom stereocenters. The van der Waals surface area contributed by atoms with Crippen LogP contribution in [0, 0.1) is 6.92 Å². The number of rotatable bonds is 3. The Labute approximate surface area is 114 Å². The maximum Gasteiger partial charge on any atom is 0.258 e. The van der Waals surface area contributed by atoms with E-state index in [2.05, 4.69) is 9.69 Å². The molecule has 1 aromatic heterocycles. The summed E-state index contributed by atoms with van der Waals surface area (Å²) in [5, 5.41) is 9.30. The number of primary sulfonamides is 1. The third-order valence-corrected chi connectivity index (χ3v) is 4.08. The van der Waals surface area contributed by atoms with Gasteiger partial charge in [0.2, 0.25) is 10.0 Å². The van der Waals surface area contributed by atoms with Crippen LogP contribution >= 0.6 is 11.5 Å². The second-order valence-corrected chi connectivity index (χ2v) is 6.03. The van der Waals surface area contributed by atoms with E-state index >= 15 is 0 Å².